The van der Waals surface area contributed by atoms with Crippen LogP contribution in [-0.2, 0) is 18.5 Å². The van der Waals surface area contributed by atoms with Gasteiger partial charge in [0.15, 0.2) is 11.0 Å². The summed E-state index contributed by atoms with van der Waals surface area (Å²) in [5, 5.41) is 14.5. The summed E-state index contributed by atoms with van der Waals surface area (Å²) in [5.74, 6) is 1.34. The van der Waals surface area contributed by atoms with Crippen LogP contribution in [0, 0.1) is 0 Å². The highest BCUT2D eigenvalue weighted by Gasteiger charge is 2.30. The summed E-state index contributed by atoms with van der Waals surface area (Å²) in [6.45, 7) is -0.0441. The molecule has 5 rings (SSSR count). The molecule has 0 spiro atoms. The van der Waals surface area contributed by atoms with E-state index in [-0.39, 0.29) is 12.2 Å². The third-order valence-electron chi connectivity index (χ3n) is 5.79. The molecule has 0 unspecified atom stereocenters. The van der Waals surface area contributed by atoms with Crippen molar-refractivity contribution in [3.05, 3.63) is 106 Å². The van der Waals surface area contributed by atoms with Gasteiger partial charge in [-0.3, -0.25) is 9.36 Å². The fourth-order valence-corrected chi connectivity index (χ4v) is 5.60. The summed E-state index contributed by atoms with van der Waals surface area (Å²) < 4.78 is 46.2. The number of nitrogens with zero attached hydrogens (tertiary/aromatic N) is 4. The van der Waals surface area contributed by atoms with Gasteiger partial charge in [-0.2, -0.15) is 13.2 Å². The average molecular weight is 582 g/mol. The van der Waals surface area contributed by atoms with Crippen LogP contribution in [0.5, 0.6) is 5.75 Å². The number of para-hydroxylation sites is 1. The number of rotatable bonds is 9. The molecule has 0 fully saturated rings. The molecular weight excluding hydrogens is 559 g/mol. The molecule has 2 aromatic heterocycles. The maximum atomic E-state index is 13.0. The van der Waals surface area contributed by atoms with Crippen LogP contribution in [0.25, 0.3) is 17.1 Å². The molecule has 204 valence electrons. The third-order valence-corrected chi connectivity index (χ3v) is 7.76. The molecule has 7 nitrogen and oxygen atoms in total. The van der Waals surface area contributed by atoms with Crippen LogP contribution in [-0.4, -0.2) is 32.8 Å². The van der Waals surface area contributed by atoms with Crippen molar-refractivity contribution in [3.8, 4) is 22.8 Å². The molecule has 12 heteroatoms. The van der Waals surface area contributed by atoms with E-state index in [1.807, 2.05) is 59.2 Å². The normalized spacial score (nSPS) is 11.4. The van der Waals surface area contributed by atoms with Gasteiger partial charge in [-0.15, -0.1) is 21.5 Å². The zero-order valence-electron chi connectivity index (χ0n) is 21.1. The average Bonchev–Trinajstić information content (AvgIpc) is 3.62. The zero-order valence-corrected chi connectivity index (χ0v) is 22.7. The first-order chi connectivity index (χ1) is 19.3. The monoisotopic (exact) mass is 581 g/mol. The van der Waals surface area contributed by atoms with Gasteiger partial charge in [0.25, 0.3) is 5.91 Å². The van der Waals surface area contributed by atoms with Crippen LogP contribution in [0.3, 0.4) is 0 Å². The number of benzene rings is 3. The Morgan fingerprint density at radius 3 is 2.60 bits per heavy atom. The van der Waals surface area contributed by atoms with E-state index in [4.69, 9.17) is 4.74 Å². The van der Waals surface area contributed by atoms with Crippen molar-refractivity contribution in [3.63, 3.8) is 0 Å². The lowest BCUT2D eigenvalue weighted by Gasteiger charge is -2.10. The minimum absolute atomic E-state index is 0.0441. The van der Waals surface area contributed by atoms with E-state index in [2.05, 4.69) is 20.5 Å². The van der Waals surface area contributed by atoms with E-state index in [0.29, 0.717) is 33.1 Å². The lowest BCUT2D eigenvalue weighted by atomic mass is 10.1. The molecule has 0 aliphatic carbocycles. The van der Waals surface area contributed by atoms with Gasteiger partial charge < -0.3 is 10.1 Å². The Bertz CT molecular complexity index is 1620. The molecule has 2 heterocycles. The van der Waals surface area contributed by atoms with Gasteiger partial charge in [-0.25, -0.2) is 4.98 Å². The molecule has 0 bridgehead atoms. The molecule has 0 aliphatic heterocycles. The molecule has 0 saturated heterocycles. The van der Waals surface area contributed by atoms with E-state index in [1.54, 1.807) is 12.5 Å². The first-order valence-corrected chi connectivity index (χ1v) is 13.8. The highest BCUT2D eigenvalue weighted by molar-refractivity contribution is 7.98. The fraction of sp³-hybridized carbons (Fsp3) is 0.143. The van der Waals surface area contributed by atoms with Crippen LogP contribution in [0.4, 0.5) is 13.2 Å². The summed E-state index contributed by atoms with van der Waals surface area (Å²) in [4.78, 5) is 17.0. The number of thioether (sulfide) groups is 1. The molecule has 0 atom stereocenters. The second-order valence-corrected chi connectivity index (χ2v) is 10.4. The number of hydrogen-bond donors (Lipinski definition) is 1. The van der Waals surface area contributed by atoms with Crippen molar-refractivity contribution in [1.82, 2.24) is 25.1 Å². The largest absolute Gasteiger partial charge is 0.497 e. The standard InChI is InChI=1S/C28H22F3N5O2S2/c1-38-22-12-6-8-19(14-22)25-34-35-27(36(25)21-10-3-2-4-11-21)40-17-24-33-23(16-39-24)26(37)32-15-18-7-5-9-20(13-18)28(29,30)31/h2-14,16H,15,17H2,1H3,(H,32,37). The Morgan fingerprint density at radius 2 is 1.82 bits per heavy atom. The van der Waals surface area contributed by atoms with Crippen LogP contribution >= 0.6 is 23.1 Å². The second kappa shape index (κ2) is 11.9. The number of hydrogen-bond acceptors (Lipinski definition) is 7. The number of ether oxygens (including phenoxy) is 1. The van der Waals surface area contributed by atoms with Crippen LogP contribution < -0.4 is 10.1 Å². The maximum Gasteiger partial charge on any atom is 0.416 e. The molecule has 0 radical (unpaired) electrons. The number of amides is 1. The van der Waals surface area contributed by atoms with Crippen molar-refractivity contribution < 1.29 is 22.7 Å². The summed E-state index contributed by atoms with van der Waals surface area (Å²) >= 11 is 2.75. The van der Waals surface area contributed by atoms with E-state index >= 15 is 0 Å². The molecule has 40 heavy (non-hydrogen) atoms. The van der Waals surface area contributed by atoms with Gasteiger partial charge in [0.2, 0.25) is 0 Å². The quantitative estimate of drug-likeness (QED) is 0.197. The molecule has 3 aromatic carbocycles. The highest BCUT2D eigenvalue weighted by atomic mass is 32.2. The number of nitrogens with one attached hydrogen (secondary N) is 1. The number of halogens is 3. The molecule has 0 saturated carbocycles. The van der Waals surface area contributed by atoms with Crippen LogP contribution in [0.2, 0.25) is 0 Å². The van der Waals surface area contributed by atoms with Crippen molar-refractivity contribution >= 4 is 29.0 Å². The van der Waals surface area contributed by atoms with Crippen molar-refractivity contribution in [2.45, 2.75) is 23.6 Å². The van der Waals surface area contributed by atoms with E-state index in [9.17, 15) is 18.0 Å². The Balaban J connectivity index is 1.29. The number of alkyl halides is 3. The van der Waals surface area contributed by atoms with Crippen molar-refractivity contribution in [2.24, 2.45) is 0 Å². The van der Waals surface area contributed by atoms with Crippen LogP contribution in [0.1, 0.15) is 26.6 Å². The minimum atomic E-state index is -4.44. The predicted molar refractivity (Wildman–Crippen MR) is 148 cm³/mol. The maximum absolute atomic E-state index is 13.0. The molecule has 1 amide bonds. The molecule has 5 aromatic rings. The van der Waals surface area contributed by atoms with Gasteiger partial charge in [0, 0.05) is 23.2 Å². The van der Waals surface area contributed by atoms with E-state index < -0.39 is 17.6 Å². The van der Waals surface area contributed by atoms with Gasteiger partial charge in [0.05, 0.1) is 18.4 Å². The lowest BCUT2D eigenvalue weighted by Crippen LogP contribution is -2.23. The highest BCUT2D eigenvalue weighted by Crippen LogP contribution is 2.32. The van der Waals surface area contributed by atoms with Crippen LogP contribution in [0.15, 0.2) is 89.4 Å². The van der Waals surface area contributed by atoms with E-state index in [0.717, 1.165) is 23.4 Å². The van der Waals surface area contributed by atoms with Crippen molar-refractivity contribution in [1.29, 1.82) is 0 Å². The number of carbonyl (C=O) groups is 1. The first kappa shape index (κ1) is 27.4. The smallest absolute Gasteiger partial charge is 0.416 e. The number of carbonyl (C=O) groups excluding carboxylic acids is 1. The Kier molecular flexibility index (Phi) is 8.17. The fourth-order valence-electron chi connectivity index (χ4n) is 3.86. The van der Waals surface area contributed by atoms with Crippen molar-refractivity contribution in [2.75, 3.05) is 7.11 Å². The molecule has 1 N–H and O–H groups in total. The third kappa shape index (κ3) is 6.35. The lowest BCUT2D eigenvalue weighted by molar-refractivity contribution is -0.137. The molecule has 0 aliphatic rings. The van der Waals surface area contributed by atoms with Gasteiger partial charge in [-0.1, -0.05) is 54.2 Å². The Hall–Kier alpha value is -4.16. The number of methoxy groups -OCH3 is 1. The number of aromatic nitrogens is 4. The minimum Gasteiger partial charge on any atom is -0.497 e. The topological polar surface area (TPSA) is 81.9 Å². The van der Waals surface area contributed by atoms with Gasteiger partial charge in [-0.05, 0) is 42.0 Å². The Labute approximate surface area is 236 Å². The first-order valence-electron chi connectivity index (χ1n) is 12.0. The number of thiazole rings is 1. The summed E-state index contributed by atoms with van der Waals surface area (Å²) in [7, 11) is 1.61. The summed E-state index contributed by atoms with van der Waals surface area (Å²) in [6, 6.07) is 22.2. The zero-order chi connectivity index (χ0) is 28.1. The summed E-state index contributed by atoms with van der Waals surface area (Å²) in [5.41, 5.74) is 1.53. The summed E-state index contributed by atoms with van der Waals surface area (Å²) in [6.07, 6.45) is -4.44. The Morgan fingerprint density at radius 1 is 1.02 bits per heavy atom. The SMILES string of the molecule is COc1cccc(-c2nnc(SCc3nc(C(=O)NCc4cccc(C(F)(F)F)c4)cs3)n2-c2ccccc2)c1. The van der Waals surface area contributed by atoms with Gasteiger partial charge >= 0.3 is 6.18 Å². The van der Waals surface area contributed by atoms with E-state index in [1.165, 1.54) is 35.2 Å². The molecular formula is C28H22F3N5O2S2. The predicted octanol–water partition coefficient (Wildman–Crippen LogP) is 6.64. The second-order valence-electron chi connectivity index (χ2n) is 8.51. The van der Waals surface area contributed by atoms with Gasteiger partial charge in [0.1, 0.15) is 16.5 Å².